The molecule has 10 heavy (non-hydrogen) atoms. The SMILES string of the molecule is O=[N+]([O-])c1ccccc1.[Mg]. The Morgan fingerprint density at radius 3 is 2.00 bits per heavy atom. The molecule has 0 amide bonds. The van der Waals surface area contributed by atoms with Gasteiger partial charge in [-0.15, -0.1) is 0 Å². The van der Waals surface area contributed by atoms with Crippen LogP contribution >= 0.6 is 0 Å². The minimum absolute atomic E-state index is 0. The lowest BCUT2D eigenvalue weighted by molar-refractivity contribution is -0.384. The fourth-order valence-corrected chi connectivity index (χ4v) is 0.550. The van der Waals surface area contributed by atoms with E-state index in [1.54, 1.807) is 18.2 Å². The smallest absolute Gasteiger partial charge is 0.258 e. The van der Waals surface area contributed by atoms with Gasteiger partial charge in [-0.25, -0.2) is 0 Å². The Morgan fingerprint density at radius 1 is 1.20 bits per heavy atom. The molecule has 0 aliphatic carbocycles. The van der Waals surface area contributed by atoms with E-state index in [-0.39, 0.29) is 28.7 Å². The molecular weight excluding hydrogens is 142 g/mol. The molecule has 4 heteroatoms. The molecule has 0 fully saturated rings. The molecule has 0 aliphatic rings. The fraction of sp³-hybridized carbons (Fsp3) is 0. The van der Waals surface area contributed by atoms with Gasteiger partial charge in [-0.2, -0.15) is 0 Å². The van der Waals surface area contributed by atoms with Crippen molar-refractivity contribution in [2.45, 2.75) is 0 Å². The average Bonchev–Trinajstić information content (AvgIpc) is 1.90. The van der Waals surface area contributed by atoms with E-state index in [0.717, 1.165) is 0 Å². The minimum Gasteiger partial charge on any atom is -0.258 e. The normalized spacial score (nSPS) is 8.00. The molecule has 0 aliphatic heterocycles. The first-order valence-corrected chi connectivity index (χ1v) is 2.50. The zero-order valence-corrected chi connectivity index (χ0v) is 6.77. The highest BCUT2D eigenvalue weighted by molar-refractivity contribution is 5.75. The Kier molecular flexibility index (Phi) is 3.98. The van der Waals surface area contributed by atoms with Crippen molar-refractivity contribution in [3.8, 4) is 0 Å². The first kappa shape index (κ1) is 9.39. The predicted molar refractivity (Wildman–Crippen MR) is 38.9 cm³/mol. The highest BCUT2D eigenvalue weighted by atomic mass is 24.3. The first-order valence-electron chi connectivity index (χ1n) is 2.50. The number of hydrogen-bond donors (Lipinski definition) is 0. The summed E-state index contributed by atoms with van der Waals surface area (Å²) in [4.78, 5) is 9.59. The van der Waals surface area contributed by atoms with Crippen molar-refractivity contribution < 1.29 is 4.92 Å². The van der Waals surface area contributed by atoms with Gasteiger partial charge in [0.2, 0.25) is 0 Å². The van der Waals surface area contributed by atoms with Crippen molar-refractivity contribution in [1.82, 2.24) is 0 Å². The van der Waals surface area contributed by atoms with Crippen LogP contribution in [0.25, 0.3) is 0 Å². The van der Waals surface area contributed by atoms with Crippen LogP contribution in [0.1, 0.15) is 0 Å². The van der Waals surface area contributed by atoms with Crippen LogP contribution in [0.5, 0.6) is 0 Å². The van der Waals surface area contributed by atoms with Crippen LogP contribution in [0.15, 0.2) is 30.3 Å². The number of nitro benzene ring substituents is 1. The van der Waals surface area contributed by atoms with Gasteiger partial charge in [0.05, 0.1) is 4.92 Å². The van der Waals surface area contributed by atoms with E-state index in [0.29, 0.717) is 0 Å². The van der Waals surface area contributed by atoms with Gasteiger partial charge in [0.1, 0.15) is 0 Å². The van der Waals surface area contributed by atoms with Gasteiger partial charge in [0.25, 0.3) is 5.69 Å². The van der Waals surface area contributed by atoms with E-state index in [1.165, 1.54) is 12.1 Å². The summed E-state index contributed by atoms with van der Waals surface area (Å²) >= 11 is 0. The molecule has 0 heterocycles. The molecule has 1 aromatic carbocycles. The van der Waals surface area contributed by atoms with Crippen LogP contribution in [0.3, 0.4) is 0 Å². The van der Waals surface area contributed by atoms with E-state index in [1.807, 2.05) is 0 Å². The maximum atomic E-state index is 10.0. The third-order valence-electron chi connectivity index (χ3n) is 0.967. The molecule has 48 valence electrons. The maximum absolute atomic E-state index is 10.0. The van der Waals surface area contributed by atoms with Crippen molar-refractivity contribution in [3.05, 3.63) is 40.4 Å². The van der Waals surface area contributed by atoms with Crippen molar-refractivity contribution >= 4 is 28.7 Å². The van der Waals surface area contributed by atoms with Gasteiger partial charge < -0.3 is 0 Å². The highest BCUT2D eigenvalue weighted by Crippen LogP contribution is 2.06. The number of hydrogen-bond acceptors (Lipinski definition) is 2. The average molecular weight is 147 g/mol. The van der Waals surface area contributed by atoms with Gasteiger partial charge in [-0.1, -0.05) is 18.2 Å². The summed E-state index contributed by atoms with van der Waals surface area (Å²) in [6, 6.07) is 7.93. The second-order valence-electron chi connectivity index (χ2n) is 1.59. The van der Waals surface area contributed by atoms with Gasteiger partial charge >= 0.3 is 0 Å². The highest BCUT2D eigenvalue weighted by Gasteiger charge is 1.98. The Labute approximate surface area is 74.4 Å². The fourth-order valence-electron chi connectivity index (χ4n) is 0.550. The number of rotatable bonds is 1. The summed E-state index contributed by atoms with van der Waals surface area (Å²) < 4.78 is 0. The van der Waals surface area contributed by atoms with Crippen LogP contribution < -0.4 is 0 Å². The Morgan fingerprint density at radius 2 is 1.70 bits per heavy atom. The third kappa shape index (κ3) is 2.32. The van der Waals surface area contributed by atoms with Crippen molar-refractivity contribution in [3.63, 3.8) is 0 Å². The molecule has 2 radical (unpaired) electrons. The topological polar surface area (TPSA) is 43.1 Å². The molecule has 0 saturated carbocycles. The number of para-hydroxylation sites is 1. The molecule has 0 saturated heterocycles. The summed E-state index contributed by atoms with van der Waals surface area (Å²) in [7, 11) is 0. The second-order valence-corrected chi connectivity index (χ2v) is 1.59. The van der Waals surface area contributed by atoms with Gasteiger partial charge in [0.15, 0.2) is 0 Å². The summed E-state index contributed by atoms with van der Waals surface area (Å²) in [6.45, 7) is 0. The van der Waals surface area contributed by atoms with E-state index in [9.17, 15) is 10.1 Å². The molecule has 0 unspecified atom stereocenters. The van der Waals surface area contributed by atoms with Gasteiger partial charge in [0, 0.05) is 35.2 Å². The second kappa shape index (κ2) is 4.24. The molecule has 3 nitrogen and oxygen atoms in total. The monoisotopic (exact) mass is 147 g/mol. The predicted octanol–water partition coefficient (Wildman–Crippen LogP) is 1.21. The summed E-state index contributed by atoms with van der Waals surface area (Å²) in [5.41, 5.74) is 0.137. The van der Waals surface area contributed by atoms with E-state index < -0.39 is 4.92 Å². The molecule has 0 atom stereocenters. The summed E-state index contributed by atoms with van der Waals surface area (Å²) in [5.74, 6) is 0. The molecule has 1 rings (SSSR count). The van der Waals surface area contributed by atoms with Crippen LogP contribution in [-0.4, -0.2) is 28.0 Å². The molecule has 0 aromatic heterocycles. The molecule has 0 spiro atoms. The number of nitro groups is 1. The van der Waals surface area contributed by atoms with E-state index in [2.05, 4.69) is 0 Å². The third-order valence-corrected chi connectivity index (χ3v) is 0.967. The molecular formula is C6H5MgNO2. The van der Waals surface area contributed by atoms with Crippen LogP contribution in [-0.2, 0) is 0 Å². The standard InChI is InChI=1S/C6H5NO2.Mg/c8-7(9)6-4-2-1-3-5-6;/h1-5H;. The largest absolute Gasteiger partial charge is 0.269 e. The van der Waals surface area contributed by atoms with Crippen molar-refractivity contribution in [2.75, 3.05) is 0 Å². The van der Waals surface area contributed by atoms with Gasteiger partial charge in [-0.05, 0) is 0 Å². The van der Waals surface area contributed by atoms with Crippen molar-refractivity contribution in [1.29, 1.82) is 0 Å². The summed E-state index contributed by atoms with van der Waals surface area (Å²) in [6.07, 6.45) is 0. The lowest BCUT2D eigenvalue weighted by Gasteiger charge is -1.85. The zero-order chi connectivity index (χ0) is 6.69. The molecule has 0 bridgehead atoms. The number of non-ortho nitro benzene ring substituents is 1. The minimum atomic E-state index is -0.417. The Hall–Kier alpha value is -0.614. The molecule has 1 aromatic rings. The lowest BCUT2D eigenvalue weighted by atomic mass is 10.3. The quantitative estimate of drug-likeness (QED) is 0.340. The Bertz CT molecular complexity index is 212. The zero-order valence-electron chi connectivity index (χ0n) is 5.36. The van der Waals surface area contributed by atoms with Crippen molar-refractivity contribution in [2.24, 2.45) is 0 Å². The van der Waals surface area contributed by atoms with E-state index >= 15 is 0 Å². The summed E-state index contributed by atoms with van der Waals surface area (Å²) in [5, 5.41) is 10.0. The number of nitrogens with zero attached hydrogens (tertiary/aromatic N) is 1. The number of benzene rings is 1. The van der Waals surface area contributed by atoms with Gasteiger partial charge in [-0.3, -0.25) is 10.1 Å². The molecule has 0 N–H and O–H groups in total. The van der Waals surface area contributed by atoms with Crippen LogP contribution in [0.2, 0.25) is 0 Å². The van der Waals surface area contributed by atoms with E-state index in [4.69, 9.17) is 0 Å². The van der Waals surface area contributed by atoms with Crippen LogP contribution in [0.4, 0.5) is 5.69 Å². The Balaban J connectivity index is 0.000000810. The lowest BCUT2D eigenvalue weighted by Crippen LogP contribution is -1.84. The van der Waals surface area contributed by atoms with Crippen LogP contribution in [0, 0.1) is 10.1 Å². The maximum Gasteiger partial charge on any atom is 0.269 e. The first-order chi connectivity index (χ1) is 4.30.